The van der Waals surface area contributed by atoms with Gasteiger partial charge in [-0.05, 0) is 29.8 Å². The number of benzene rings is 2. The van der Waals surface area contributed by atoms with Crippen molar-refractivity contribution in [3.63, 3.8) is 0 Å². The molecule has 0 saturated carbocycles. The number of hydrogen-bond donors (Lipinski definition) is 1. The Balaban J connectivity index is 1.53. The molecule has 6 nitrogen and oxygen atoms in total. The molecule has 0 fully saturated rings. The topological polar surface area (TPSA) is 75.7 Å². The summed E-state index contributed by atoms with van der Waals surface area (Å²) in [5.74, 6) is 0.342. The van der Waals surface area contributed by atoms with Crippen LogP contribution in [-0.2, 0) is 20.6 Å². The van der Waals surface area contributed by atoms with E-state index in [0.717, 1.165) is 15.8 Å². The molecule has 26 heavy (non-hydrogen) atoms. The molecule has 2 aromatic carbocycles. The molecule has 1 N–H and O–H groups in total. The lowest BCUT2D eigenvalue weighted by atomic mass is 10.0. The average molecular weight is 437 g/mol. The lowest BCUT2D eigenvalue weighted by Gasteiger charge is -2.27. The van der Waals surface area contributed by atoms with Crippen LogP contribution in [0.25, 0.3) is 0 Å². The van der Waals surface area contributed by atoms with Crippen LogP contribution in [0.5, 0.6) is 5.75 Å². The number of anilines is 1. The zero-order valence-electron chi connectivity index (χ0n) is 13.8. The lowest BCUT2D eigenvalue weighted by Crippen LogP contribution is -2.41. The number of rotatable bonds is 3. The summed E-state index contributed by atoms with van der Waals surface area (Å²) < 4.78 is 32.5. The third-order valence-corrected chi connectivity index (χ3v) is 6.73. The van der Waals surface area contributed by atoms with Crippen LogP contribution in [0.1, 0.15) is 23.6 Å². The Labute approximate surface area is 160 Å². The van der Waals surface area contributed by atoms with Gasteiger partial charge in [-0.15, -0.1) is 0 Å². The minimum atomic E-state index is -3.53. The molecular formula is C18H17BrN2O4S. The van der Waals surface area contributed by atoms with Crippen molar-refractivity contribution in [3.8, 4) is 5.75 Å². The van der Waals surface area contributed by atoms with Gasteiger partial charge in [0, 0.05) is 16.5 Å². The highest BCUT2D eigenvalue weighted by Gasteiger charge is 2.35. The van der Waals surface area contributed by atoms with Gasteiger partial charge < -0.3 is 10.1 Å². The number of para-hydroxylation sites is 1. The third kappa shape index (κ3) is 3.19. The maximum absolute atomic E-state index is 12.6. The van der Waals surface area contributed by atoms with Crippen LogP contribution in [0.15, 0.2) is 46.9 Å². The number of halogens is 1. The second-order valence-corrected chi connectivity index (χ2v) is 9.14. The fraction of sp³-hybridized carbons (Fsp3) is 0.278. The number of carbonyl (C=O) groups excluding carboxylic acids is 1. The van der Waals surface area contributed by atoms with Crippen molar-refractivity contribution in [1.82, 2.24) is 5.32 Å². The standard InChI is InChI=1S/C18H17BrN2O4S/c19-13-5-6-16-12(9-13)11-26(23,24)21(16)10-18(22)20-15-7-8-25-17-4-2-1-3-14(15)17/h1-6,9,15H,7-8,10-11H2,(H,20,22)/t15-/m0/s1. The largest absolute Gasteiger partial charge is 0.493 e. The monoisotopic (exact) mass is 436 g/mol. The summed E-state index contributed by atoms with van der Waals surface area (Å²) in [6.07, 6.45) is 0.652. The van der Waals surface area contributed by atoms with Gasteiger partial charge in [0.15, 0.2) is 0 Å². The molecule has 1 atom stereocenters. The SMILES string of the molecule is O=C(CN1c2ccc(Br)cc2CS1(=O)=O)N[C@H]1CCOc2ccccc21. The second kappa shape index (κ2) is 6.59. The summed E-state index contributed by atoms with van der Waals surface area (Å²) in [7, 11) is -3.53. The van der Waals surface area contributed by atoms with E-state index >= 15 is 0 Å². The normalized spacial score (nSPS) is 20.0. The van der Waals surface area contributed by atoms with E-state index in [1.807, 2.05) is 24.3 Å². The molecule has 0 bridgehead atoms. The number of nitrogens with one attached hydrogen (secondary N) is 1. The summed E-state index contributed by atoms with van der Waals surface area (Å²) in [6.45, 7) is 0.289. The molecule has 0 radical (unpaired) electrons. The number of fused-ring (bicyclic) bond motifs is 2. The van der Waals surface area contributed by atoms with Gasteiger partial charge in [-0.1, -0.05) is 34.1 Å². The molecule has 2 aliphatic rings. The van der Waals surface area contributed by atoms with Crippen LogP contribution in [0.3, 0.4) is 0 Å². The Kier molecular flexibility index (Phi) is 4.40. The Morgan fingerprint density at radius 2 is 2.08 bits per heavy atom. The Morgan fingerprint density at radius 3 is 2.92 bits per heavy atom. The molecule has 0 saturated heterocycles. The molecule has 4 rings (SSSR count). The third-order valence-electron chi connectivity index (χ3n) is 4.56. The van der Waals surface area contributed by atoms with E-state index in [1.165, 1.54) is 4.31 Å². The average Bonchev–Trinajstić information content (AvgIpc) is 2.84. The van der Waals surface area contributed by atoms with Crippen LogP contribution in [-0.4, -0.2) is 27.5 Å². The van der Waals surface area contributed by atoms with E-state index in [1.54, 1.807) is 18.2 Å². The van der Waals surface area contributed by atoms with E-state index < -0.39 is 10.0 Å². The fourth-order valence-electron chi connectivity index (χ4n) is 3.38. The van der Waals surface area contributed by atoms with Gasteiger partial charge in [0.05, 0.1) is 24.1 Å². The van der Waals surface area contributed by atoms with Crippen LogP contribution < -0.4 is 14.4 Å². The number of ether oxygens (including phenoxy) is 1. The zero-order valence-corrected chi connectivity index (χ0v) is 16.2. The summed E-state index contributed by atoms with van der Waals surface area (Å²) in [4.78, 5) is 12.6. The molecule has 1 amide bonds. The van der Waals surface area contributed by atoms with Gasteiger partial charge in [-0.2, -0.15) is 0 Å². The minimum Gasteiger partial charge on any atom is -0.493 e. The molecular weight excluding hydrogens is 420 g/mol. The molecule has 0 spiro atoms. The van der Waals surface area contributed by atoms with Crippen LogP contribution in [0.2, 0.25) is 0 Å². The first-order valence-corrected chi connectivity index (χ1v) is 10.6. The first-order chi connectivity index (χ1) is 12.4. The Morgan fingerprint density at radius 1 is 1.27 bits per heavy atom. The summed E-state index contributed by atoms with van der Waals surface area (Å²) >= 11 is 3.35. The van der Waals surface area contributed by atoms with Crippen molar-refractivity contribution >= 4 is 37.5 Å². The van der Waals surface area contributed by atoms with Crippen molar-refractivity contribution in [2.24, 2.45) is 0 Å². The summed E-state index contributed by atoms with van der Waals surface area (Å²) in [5.41, 5.74) is 2.18. The van der Waals surface area contributed by atoms with Crippen LogP contribution >= 0.6 is 15.9 Å². The Hall–Kier alpha value is -2.06. The highest BCUT2D eigenvalue weighted by molar-refractivity contribution is 9.10. The molecule has 0 aromatic heterocycles. The molecule has 2 aromatic rings. The van der Waals surface area contributed by atoms with Crippen molar-refractivity contribution in [2.75, 3.05) is 17.5 Å². The van der Waals surface area contributed by atoms with E-state index in [9.17, 15) is 13.2 Å². The van der Waals surface area contributed by atoms with Crippen molar-refractivity contribution < 1.29 is 17.9 Å². The van der Waals surface area contributed by atoms with E-state index in [0.29, 0.717) is 24.3 Å². The number of carbonyl (C=O) groups is 1. The van der Waals surface area contributed by atoms with Gasteiger partial charge in [-0.25, -0.2) is 8.42 Å². The molecule has 0 aliphatic carbocycles. The highest BCUT2D eigenvalue weighted by atomic mass is 79.9. The number of sulfonamides is 1. The van der Waals surface area contributed by atoms with E-state index in [4.69, 9.17) is 4.74 Å². The summed E-state index contributed by atoms with van der Waals surface area (Å²) in [6, 6.07) is 12.7. The van der Waals surface area contributed by atoms with Crippen LogP contribution in [0.4, 0.5) is 5.69 Å². The molecule has 136 valence electrons. The van der Waals surface area contributed by atoms with Gasteiger partial charge in [0.2, 0.25) is 15.9 Å². The van der Waals surface area contributed by atoms with Gasteiger partial charge in [0.1, 0.15) is 12.3 Å². The molecule has 2 heterocycles. The second-order valence-electron chi connectivity index (χ2n) is 6.33. The van der Waals surface area contributed by atoms with E-state index in [-0.39, 0.29) is 24.2 Å². The van der Waals surface area contributed by atoms with Crippen LogP contribution in [0, 0.1) is 0 Å². The lowest BCUT2D eigenvalue weighted by molar-refractivity contribution is -0.120. The zero-order chi connectivity index (χ0) is 18.3. The van der Waals surface area contributed by atoms with Crippen molar-refractivity contribution in [2.45, 2.75) is 18.2 Å². The maximum atomic E-state index is 12.6. The van der Waals surface area contributed by atoms with Gasteiger partial charge in [-0.3, -0.25) is 9.10 Å². The summed E-state index contributed by atoms with van der Waals surface area (Å²) in [5, 5.41) is 2.95. The predicted octanol–water partition coefficient (Wildman–Crippen LogP) is 2.74. The van der Waals surface area contributed by atoms with Gasteiger partial charge >= 0.3 is 0 Å². The fourth-order valence-corrected chi connectivity index (χ4v) is 5.36. The highest BCUT2D eigenvalue weighted by Crippen LogP contribution is 2.35. The first-order valence-electron chi connectivity index (χ1n) is 8.24. The molecule has 2 aliphatic heterocycles. The maximum Gasteiger partial charge on any atom is 0.241 e. The van der Waals surface area contributed by atoms with Gasteiger partial charge in [0.25, 0.3) is 0 Å². The number of nitrogens with zero attached hydrogens (tertiary/aromatic N) is 1. The Bertz CT molecular complexity index is 977. The number of amides is 1. The van der Waals surface area contributed by atoms with E-state index in [2.05, 4.69) is 21.2 Å². The van der Waals surface area contributed by atoms with Crippen molar-refractivity contribution in [3.05, 3.63) is 58.1 Å². The predicted molar refractivity (Wildman–Crippen MR) is 102 cm³/mol. The first kappa shape index (κ1) is 17.4. The van der Waals surface area contributed by atoms with Crippen molar-refractivity contribution in [1.29, 1.82) is 0 Å². The molecule has 0 unspecified atom stereocenters. The quantitative estimate of drug-likeness (QED) is 0.802. The number of hydrogen-bond acceptors (Lipinski definition) is 4. The smallest absolute Gasteiger partial charge is 0.241 e. The molecule has 8 heteroatoms. The minimum absolute atomic E-state index is 0.0881.